The zero-order valence-electron chi connectivity index (χ0n) is 12.8. The van der Waals surface area contributed by atoms with Crippen molar-refractivity contribution in [1.82, 2.24) is 0 Å². The summed E-state index contributed by atoms with van der Waals surface area (Å²) in [5.41, 5.74) is 2.20. The normalized spacial score (nSPS) is 17.7. The van der Waals surface area contributed by atoms with Gasteiger partial charge >= 0.3 is 0 Å². The second-order valence-corrected chi connectivity index (χ2v) is 5.46. The van der Waals surface area contributed by atoms with Gasteiger partial charge in [-0.25, -0.2) is 9.29 Å². The van der Waals surface area contributed by atoms with Gasteiger partial charge in [0, 0.05) is 5.69 Å². The van der Waals surface area contributed by atoms with Crippen LogP contribution in [-0.2, 0) is 16.0 Å². The van der Waals surface area contributed by atoms with Gasteiger partial charge in [0.25, 0.3) is 5.91 Å². The van der Waals surface area contributed by atoms with Crippen molar-refractivity contribution in [2.75, 3.05) is 10.2 Å². The molecule has 0 aliphatic carbocycles. The lowest BCUT2D eigenvalue weighted by Gasteiger charge is -2.17. The van der Waals surface area contributed by atoms with Crippen molar-refractivity contribution in [2.24, 2.45) is 0 Å². The third-order valence-corrected chi connectivity index (χ3v) is 3.94. The summed E-state index contributed by atoms with van der Waals surface area (Å²) in [6.07, 6.45) is 0.888. The summed E-state index contributed by atoms with van der Waals surface area (Å²) in [6, 6.07) is 12.6. The Bertz CT molecular complexity index is 760. The van der Waals surface area contributed by atoms with Gasteiger partial charge in [0.1, 0.15) is 11.9 Å². The molecule has 2 aromatic carbocycles. The van der Waals surface area contributed by atoms with E-state index in [2.05, 4.69) is 5.32 Å². The number of rotatable bonds is 4. The molecule has 0 saturated carbocycles. The minimum Gasteiger partial charge on any atom is -0.373 e. The number of para-hydroxylation sites is 1. The monoisotopic (exact) mass is 312 g/mol. The Kier molecular flexibility index (Phi) is 4.10. The lowest BCUT2D eigenvalue weighted by atomic mass is 10.1. The van der Waals surface area contributed by atoms with E-state index in [1.807, 2.05) is 31.2 Å². The van der Waals surface area contributed by atoms with Crippen LogP contribution in [0.25, 0.3) is 0 Å². The van der Waals surface area contributed by atoms with Crippen LogP contribution in [0.4, 0.5) is 15.8 Å². The fourth-order valence-corrected chi connectivity index (χ4v) is 2.79. The predicted octanol–water partition coefficient (Wildman–Crippen LogP) is 3.13. The third-order valence-electron chi connectivity index (χ3n) is 3.94. The first-order chi connectivity index (χ1) is 11.1. The lowest BCUT2D eigenvalue weighted by molar-refractivity contribution is -0.121. The van der Waals surface area contributed by atoms with Gasteiger partial charge in [-0.05, 0) is 36.2 Å². The average Bonchev–Trinajstić information content (AvgIpc) is 2.82. The Hall–Kier alpha value is -2.69. The Labute approximate surface area is 133 Å². The van der Waals surface area contributed by atoms with Crippen molar-refractivity contribution in [3.05, 3.63) is 59.9 Å². The Balaban J connectivity index is 1.84. The van der Waals surface area contributed by atoms with Crippen molar-refractivity contribution >= 4 is 23.2 Å². The number of anilines is 2. The highest BCUT2D eigenvalue weighted by Crippen LogP contribution is 2.26. The minimum atomic E-state index is -0.626. The SMILES string of the molecule is CCc1ccccc1NC1CC(=O)N(c2cccc(F)c2)C1=O. The summed E-state index contributed by atoms with van der Waals surface area (Å²) in [4.78, 5) is 25.8. The van der Waals surface area contributed by atoms with Gasteiger partial charge < -0.3 is 5.32 Å². The molecule has 118 valence electrons. The largest absolute Gasteiger partial charge is 0.373 e. The predicted molar refractivity (Wildman–Crippen MR) is 86.7 cm³/mol. The molecule has 1 aliphatic heterocycles. The standard InChI is InChI=1S/C18H17FN2O2/c1-2-12-6-3-4-9-15(12)20-16-11-17(22)21(18(16)23)14-8-5-7-13(19)10-14/h3-10,16,20H,2,11H2,1H3. The first-order valence-corrected chi connectivity index (χ1v) is 7.57. The Morgan fingerprint density at radius 1 is 1.17 bits per heavy atom. The van der Waals surface area contributed by atoms with Gasteiger partial charge in [-0.1, -0.05) is 31.2 Å². The quantitative estimate of drug-likeness (QED) is 0.882. The van der Waals surface area contributed by atoms with E-state index in [0.717, 1.165) is 22.6 Å². The first-order valence-electron chi connectivity index (χ1n) is 7.57. The van der Waals surface area contributed by atoms with E-state index in [1.165, 1.54) is 18.2 Å². The van der Waals surface area contributed by atoms with Gasteiger partial charge in [-0.15, -0.1) is 0 Å². The fraction of sp³-hybridized carbons (Fsp3) is 0.222. The van der Waals surface area contributed by atoms with Gasteiger partial charge in [0.15, 0.2) is 0 Å². The molecule has 0 bridgehead atoms. The Morgan fingerprint density at radius 2 is 1.96 bits per heavy atom. The second-order valence-electron chi connectivity index (χ2n) is 5.46. The topological polar surface area (TPSA) is 49.4 Å². The van der Waals surface area contributed by atoms with Crippen LogP contribution >= 0.6 is 0 Å². The molecule has 2 amide bonds. The minimum absolute atomic E-state index is 0.0629. The van der Waals surface area contributed by atoms with E-state index in [-0.39, 0.29) is 23.9 Å². The summed E-state index contributed by atoms with van der Waals surface area (Å²) in [7, 11) is 0. The molecule has 5 heteroatoms. The van der Waals surface area contributed by atoms with E-state index >= 15 is 0 Å². The van der Waals surface area contributed by atoms with Crippen LogP contribution in [-0.4, -0.2) is 17.9 Å². The molecule has 0 aromatic heterocycles. The van der Waals surface area contributed by atoms with E-state index in [0.29, 0.717) is 0 Å². The molecular weight excluding hydrogens is 295 g/mol. The van der Waals surface area contributed by atoms with Crippen molar-refractivity contribution in [3.63, 3.8) is 0 Å². The number of carbonyl (C=O) groups is 2. The maximum absolute atomic E-state index is 13.4. The summed E-state index contributed by atoms with van der Waals surface area (Å²) >= 11 is 0. The smallest absolute Gasteiger partial charge is 0.256 e. The van der Waals surface area contributed by atoms with E-state index in [9.17, 15) is 14.0 Å². The molecule has 1 saturated heterocycles. The van der Waals surface area contributed by atoms with Crippen LogP contribution in [0.15, 0.2) is 48.5 Å². The number of imide groups is 1. The third kappa shape index (κ3) is 2.95. The second kappa shape index (κ2) is 6.20. The van der Waals surface area contributed by atoms with Crippen LogP contribution in [0, 0.1) is 5.82 Å². The van der Waals surface area contributed by atoms with Gasteiger partial charge in [-0.2, -0.15) is 0 Å². The number of nitrogens with zero attached hydrogens (tertiary/aromatic N) is 1. The molecule has 1 unspecified atom stereocenters. The van der Waals surface area contributed by atoms with E-state index < -0.39 is 11.9 Å². The van der Waals surface area contributed by atoms with Gasteiger partial charge in [0.2, 0.25) is 5.91 Å². The number of halogens is 1. The maximum atomic E-state index is 13.4. The average molecular weight is 312 g/mol. The molecule has 2 aromatic rings. The summed E-state index contributed by atoms with van der Waals surface area (Å²) < 4.78 is 13.4. The van der Waals surface area contributed by atoms with Crippen LogP contribution in [0.5, 0.6) is 0 Å². The number of carbonyl (C=O) groups excluding carboxylic acids is 2. The molecule has 1 N–H and O–H groups in total. The number of hydrogen-bond donors (Lipinski definition) is 1. The molecule has 1 aliphatic rings. The number of amides is 2. The van der Waals surface area contributed by atoms with Crippen molar-refractivity contribution in [3.8, 4) is 0 Å². The highest BCUT2D eigenvalue weighted by molar-refractivity contribution is 6.23. The number of nitrogens with one attached hydrogen (secondary N) is 1. The van der Waals surface area contributed by atoms with Crippen LogP contribution in [0.2, 0.25) is 0 Å². The van der Waals surface area contributed by atoms with Gasteiger partial charge in [-0.3, -0.25) is 9.59 Å². The highest BCUT2D eigenvalue weighted by Gasteiger charge is 2.39. The van der Waals surface area contributed by atoms with Crippen molar-refractivity contribution in [1.29, 1.82) is 0 Å². The highest BCUT2D eigenvalue weighted by atomic mass is 19.1. The zero-order valence-corrected chi connectivity index (χ0v) is 12.8. The molecule has 1 fully saturated rings. The van der Waals surface area contributed by atoms with Crippen molar-refractivity contribution < 1.29 is 14.0 Å². The Morgan fingerprint density at radius 3 is 2.70 bits per heavy atom. The molecule has 23 heavy (non-hydrogen) atoms. The van der Waals surface area contributed by atoms with Crippen LogP contribution in [0.1, 0.15) is 18.9 Å². The molecule has 1 atom stereocenters. The summed E-state index contributed by atoms with van der Waals surface area (Å²) in [6.45, 7) is 2.03. The van der Waals surface area contributed by atoms with Crippen molar-refractivity contribution in [2.45, 2.75) is 25.8 Å². The number of aryl methyl sites for hydroxylation is 1. The first kappa shape index (κ1) is 15.2. The molecular formula is C18H17FN2O2. The molecule has 3 rings (SSSR count). The molecule has 1 heterocycles. The van der Waals surface area contributed by atoms with Crippen LogP contribution in [0.3, 0.4) is 0 Å². The molecule has 0 spiro atoms. The summed E-state index contributed by atoms with van der Waals surface area (Å²) in [5.74, 6) is -1.16. The number of benzene rings is 2. The number of hydrogen-bond acceptors (Lipinski definition) is 3. The van der Waals surface area contributed by atoms with E-state index in [4.69, 9.17) is 0 Å². The van der Waals surface area contributed by atoms with E-state index in [1.54, 1.807) is 6.07 Å². The molecule has 4 nitrogen and oxygen atoms in total. The molecule has 0 radical (unpaired) electrons. The van der Waals surface area contributed by atoms with Crippen LogP contribution < -0.4 is 10.2 Å². The zero-order chi connectivity index (χ0) is 16.4. The maximum Gasteiger partial charge on any atom is 0.256 e. The summed E-state index contributed by atoms with van der Waals surface area (Å²) in [5, 5.41) is 3.15. The van der Waals surface area contributed by atoms with Gasteiger partial charge in [0.05, 0.1) is 12.1 Å². The lowest BCUT2D eigenvalue weighted by Crippen LogP contribution is -2.35. The fourth-order valence-electron chi connectivity index (χ4n) is 2.79.